The van der Waals surface area contributed by atoms with Crippen molar-refractivity contribution < 1.29 is 8.78 Å². The highest BCUT2D eigenvalue weighted by atomic mass is 35.5. The predicted molar refractivity (Wildman–Crippen MR) is 140 cm³/mol. The summed E-state index contributed by atoms with van der Waals surface area (Å²) in [7, 11) is 0. The summed E-state index contributed by atoms with van der Waals surface area (Å²) in [5.74, 6) is -0.536. The topological polar surface area (TPSA) is 51.6 Å². The van der Waals surface area contributed by atoms with Gasteiger partial charge in [0.15, 0.2) is 0 Å². The molecule has 0 radical (unpaired) electrons. The highest BCUT2D eigenvalue weighted by Gasteiger charge is 2.18. The standard InChI is InChI=1S/C13H10ClFN2.C8H7Cl2N.C6H6FN/c14-10-7-13(12-6-8(15)4-5-16-12)17-11-3-1-2-9(10)11;9-6-4-8(10)11-7-3-1-2-5(6)7;1-5-4-6(7)2-3-8-5/h4-7H,1-3H2;4H,1-3H2;2-4H,1H3. The summed E-state index contributed by atoms with van der Waals surface area (Å²) in [6.07, 6.45) is 9.13. The predicted octanol–water partition coefficient (Wildman–Crippen LogP) is 7.83. The molecule has 0 saturated carbocycles. The van der Waals surface area contributed by atoms with Crippen LogP contribution in [0.15, 0.2) is 48.8 Å². The number of pyridine rings is 4. The Morgan fingerprint density at radius 3 is 1.83 bits per heavy atom. The van der Waals surface area contributed by atoms with Crippen molar-refractivity contribution in [1.82, 2.24) is 19.9 Å². The SMILES string of the molecule is Cc1cc(F)ccn1.Clc1cc(Cl)c2c(n1)CCC2.Fc1ccnc(-c2cc(Cl)c3c(n2)CCC3)c1. The Kier molecular flexibility index (Phi) is 8.83. The fourth-order valence-electron chi connectivity index (χ4n) is 4.14. The minimum atomic E-state index is -0.312. The Labute approximate surface area is 223 Å². The number of aromatic nitrogens is 4. The van der Waals surface area contributed by atoms with Crippen molar-refractivity contribution in [2.75, 3.05) is 0 Å². The van der Waals surface area contributed by atoms with Gasteiger partial charge in [0.1, 0.15) is 16.8 Å². The van der Waals surface area contributed by atoms with Crippen LogP contribution in [0.5, 0.6) is 0 Å². The minimum absolute atomic E-state index is 0.225. The minimum Gasteiger partial charge on any atom is -0.261 e. The van der Waals surface area contributed by atoms with Crippen LogP contribution in [0.2, 0.25) is 15.2 Å². The van der Waals surface area contributed by atoms with Gasteiger partial charge in [-0.25, -0.2) is 13.8 Å². The molecule has 0 aromatic carbocycles. The van der Waals surface area contributed by atoms with E-state index >= 15 is 0 Å². The molecule has 2 aliphatic rings. The van der Waals surface area contributed by atoms with Crippen LogP contribution in [-0.4, -0.2) is 19.9 Å². The lowest BCUT2D eigenvalue weighted by atomic mass is 10.1. The van der Waals surface area contributed by atoms with E-state index in [0.717, 1.165) is 60.5 Å². The largest absolute Gasteiger partial charge is 0.261 e. The highest BCUT2D eigenvalue weighted by molar-refractivity contribution is 6.34. The Hall–Kier alpha value is -2.67. The van der Waals surface area contributed by atoms with Crippen LogP contribution < -0.4 is 0 Å². The second-order valence-corrected chi connectivity index (χ2v) is 9.65. The fraction of sp³-hybridized carbons (Fsp3) is 0.259. The van der Waals surface area contributed by atoms with Crippen molar-refractivity contribution in [2.45, 2.75) is 45.4 Å². The molecule has 2 aliphatic carbocycles. The maximum atomic E-state index is 13.1. The summed E-state index contributed by atoms with van der Waals surface area (Å²) in [6, 6.07) is 8.90. The van der Waals surface area contributed by atoms with E-state index in [1.54, 1.807) is 19.1 Å². The first-order valence-electron chi connectivity index (χ1n) is 11.5. The Morgan fingerprint density at radius 1 is 0.667 bits per heavy atom. The first kappa shape index (κ1) is 26.4. The van der Waals surface area contributed by atoms with Crippen molar-refractivity contribution in [2.24, 2.45) is 0 Å². The van der Waals surface area contributed by atoms with Crippen LogP contribution in [0.1, 0.15) is 41.1 Å². The molecule has 0 unspecified atom stereocenters. The second kappa shape index (κ2) is 12.0. The fourth-order valence-corrected chi connectivity index (χ4v) is 5.02. The van der Waals surface area contributed by atoms with E-state index in [1.807, 2.05) is 0 Å². The lowest BCUT2D eigenvalue weighted by Gasteiger charge is -2.06. The molecular formula is C27H23Cl3F2N4. The maximum absolute atomic E-state index is 13.1. The van der Waals surface area contributed by atoms with E-state index in [0.29, 0.717) is 27.3 Å². The molecule has 0 aliphatic heterocycles. The molecule has 0 spiro atoms. The van der Waals surface area contributed by atoms with Crippen molar-refractivity contribution in [3.05, 3.63) is 104 Å². The number of fused-ring (bicyclic) bond motifs is 2. The summed E-state index contributed by atoms with van der Waals surface area (Å²) in [5, 5.41) is 2.00. The average Bonchev–Trinajstić information content (AvgIpc) is 3.50. The zero-order valence-corrected chi connectivity index (χ0v) is 21.8. The molecule has 0 atom stereocenters. The number of nitrogens with zero attached hydrogens (tertiary/aromatic N) is 4. The van der Waals surface area contributed by atoms with Crippen LogP contribution in [0.4, 0.5) is 8.78 Å². The van der Waals surface area contributed by atoms with Gasteiger partial charge in [-0.2, -0.15) is 0 Å². The van der Waals surface area contributed by atoms with E-state index in [9.17, 15) is 8.78 Å². The molecule has 36 heavy (non-hydrogen) atoms. The Bertz CT molecular complexity index is 1360. The zero-order valence-electron chi connectivity index (χ0n) is 19.5. The normalized spacial score (nSPS) is 13.2. The first-order valence-corrected chi connectivity index (χ1v) is 12.7. The van der Waals surface area contributed by atoms with E-state index in [-0.39, 0.29) is 11.6 Å². The first-order chi connectivity index (χ1) is 17.3. The molecule has 0 amide bonds. The molecule has 4 aromatic heterocycles. The van der Waals surface area contributed by atoms with Gasteiger partial charge >= 0.3 is 0 Å². The number of rotatable bonds is 1. The highest BCUT2D eigenvalue weighted by Crippen LogP contribution is 2.31. The third kappa shape index (κ3) is 6.75. The van der Waals surface area contributed by atoms with Crippen LogP contribution in [0.3, 0.4) is 0 Å². The van der Waals surface area contributed by atoms with Crippen molar-refractivity contribution in [3.63, 3.8) is 0 Å². The second-order valence-electron chi connectivity index (χ2n) is 8.45. The third-order valence-corrected chi connectivity index (χ3v) is 6.67. The van der Waals surface area contributed by atoms with Crippen molar-refractivity contribution in [3.8, 4) is 11.4 Å². The number of hydrogen-bond acceptors (Lipinski definition) is 4. The van der Waals surface area contributed by atoms with Gasteiger partial charge < -0.3 is 0 Å². The molecule has 6 rings (SSSR count). The van der Waals surface area contributed by atoms with Gasteiger partial charge in [0.05, 0.1) is 11.4 Å². The smallest absolute Gasteiger partial charge is 0.130 e. The summed E-state index contributed by atoms with van der Waals surface area (Å²) >= 11 is 17.9. The summed E-state index contributed by atoms with van der Waals surface area (Å²) in [5.41, 5.74) is 6.32. The number of hydrogen-bond donors (Lipinski definition) is 0. The summed E-state index contributed by atoms with van der Waals surface area (Å²) in [6.45, 7) is 1.75. The zero-order chi connectivity index (χ0) is 25.7. The molecule has 0 bridgehead atoms. The van der Waals surface area contributed by atoms with Gasteiger partial charge in [-0.1, -0.05) is 34.8 Å². The van der Waals surface area contributed by atoms with Crippen LogP contribution in [0.25, 0.3) is 11.4 Å². The molecule has 186 valence electrons. The molecule has 0 fully saturated rings. The molecule has 4 aromatic rings. The lowest BCUT2D eigenvalue weighted by Crippen LogP contribution is -1.95. The third-order valence-electron chi connectivity index (χ3n) is 5.80. The Balaban J connectivity index is 0.000000138. The van der Waals surface area contributed by atoms with Crippen LogP contribution in [-0.2, 0) is 25.7 Å². The molecule has 0 saturated heterocycles. The molecule has 0 N–H and O–H groups in total. The summed E-state index contributed by atoms with van der Waals surface area (Å²) in [4.78, 5) is 16.6. The van der Waals surface area contributed by atoms with Crippen LogP contribution >= 0.6 is 34.8 Å². The number of aryl methyl sites for hydroxylation is 3. The van der Waals surface area contributed by atoms with E-state index < -0.39 is 0 Å². The monoisotopic (exact) mass is 546 g/mol. The number of halogens is 5. The van der Waals surface area contributed by atoms with Gasteiger partial charge in [-0.05, 0) is 86.9 Å². The maximum Gasteiger partial charge on any atom is 0.130 e. The van der Waals surface area contributed by atoms with Gasteiger partial charge in [-0.3, -0.25) is 15.0 Å². The molecule has 4 nitrogen and oxygen atoms in total. The molecule has 9 heteroatoms. The van der Waals surface area contributed by atoms with Gasteiger partial charge in [0.25, 0.3) is 0 Å². The summed E-state index contributed by atoms with van der Waals surface area (Å²) < 4.78 is 25.3. The van der Waals surface area contributed by atoms with Gasteiger partial charge in [0, 0.05) is 45.6 Å². The quantitative estimate of drug-likeness (QED) is 0.228. The average molecular weight is 548 g/mol. The molecular weight excluding hydrogens is 525 g/mol. The van der Waals surface area contributed by atoms with Crippen molar-refractivity contribution in [1.29, 1.82) is 0 Å². The van der Waals surface area contributed by atoms with Crippen molar-refractivity contribution >= 4 is 34.8 Å². The lowest BCUT2D eigenvalue weighted by molar-refractivity contribution is 0.623. The van der Waals surface area contributed by atoms with Gasteiger partial charge in [0.2, 0.25) is 0 Å². The van der Waals surface area contributed by atoms with E-state index in [2.05, 4.69) is 19.9 Å². The molecule has 4 heterocycles. The van der Waals surface area contributed by atoms with E-state index in [1.165, 1.54) is 42.2 Å². The van der Waals surface area contributed by atoms with Gasteiger partial charge in [-0.15, -0.1) is 0 Å². The van der Waals surface area contributed by atoms with E-state index in [4.69, 9.17) is 34.8 Å². The Morgan fingerprint density at radius 2 is 1.25 bits per heavy atom. The van der Waals surface area contributed by atoms with Crippen LogP contribution in [0, 0.1) is 18.6 Å².